The van der Waals surface area contributed by atoms with E-state index in [1.807, 2.05) is 0 Å². The molecule has 0 spiro atoms. The van der Waals surface area contributed by atoms with Gasteiger partial charge < -0.3 is 0 Å². The molecule has 10 rings (SSSR count). The molecule has 0 nitrogen and oxygen atoms in total. The normalized spacial score (nSPS) is 14.4. The van der Waals surface area contributed by atoms with Crippen molar-refractivity contribution in [2.24, 2.45) is 0 Å². The van der Waals surface area contributed by atoms with Gasteiger partial charge in [0.2, 0.25) is 0 Å². The Labute approximate surface area is 325 Å². The molecule has 0 heteroatoms. The molecular formula is C55H42. The lowest BCUT2D eigenvalue weighted by Gasteiger charge is -2.46. The van der Waals surface area contributed by atoms with Gasteiger partial charge in [0.25, 0.3) is 0 Å². The maximum atomic E-state index is 2.55. The highest BCUT2D eigenvalue weighted by molar-refractivity contribution is 5.85. The number of fused-ring (bicyclic) bond motifs is 4. The van der Waals surface area contributed by atoms with Crippen LogP contribution in [0.15, 0.2) is 212 Å². The summed E-state index contributed by atoms with van der Waals surface area (Å²) in [6.45, 7) is 0. The first-order valence-corrected chi connectivity index (χ1v) is 19.6. The highest BCUT2D eigenvalue weighted by atomic mass is 14.5. The molecule has 1 atom stereocenters. The molecule has 1 unspecified atom stereocenters. The van der Waals surface area contributed by atoms with Gasteiger partial charge in [0.1, 0.15) is 0 Å². The Hall–Kier alpha value is -6.50. The Balaban J connectivity index is 1.26. The lowest BCUT2D eigenvalue weighted by atomic mass is 9.55. The van der Waals surface area contributed by atoms with Gasteiger partial charge in [-0.2, -0.15) is 0 Å². The summed E-state index contributed by atoms with van der Waals surface area (Å²) in [5.74, 6) is 0.102. The van der Waals surface area contributed by atoms with Crippen molar-refractivity contribution in [2.75, 3.05) is 0 Å². The third-order valence-corrected chi connectivity index (χ3v) is 12.1. The highest BCUT2D eigenvalue weighted by Gasteiger charge is 2.53. The van der Waals surface area contributed by atoms with E-state index in [9.17, 15) is 0 Å². The number of benzene rings is 8. The van der Waals surface area contributed by atoms with Gasteiger partial charge in [-0.1, -0.05) is 218 Å². The molecule has 8 aromatic carbocycles. The second kappa shape index (κ2) is 14.0. The van der Waals surface area contributed by atoms with Crippen LogP contribution in [0, 0.1) is 0 Å². The molecule has 0 aliphatic heterocycles. The van der Waals surface area contributed by atoms with Crippen LogP contribution in [-0.4, -0.2) is 0 Å². The Morgan fingerprint density at radius 3 is 1.35 bits per heavy atom. The Kier molecular flexibility index (Phi) is 8.45. The fourth-order valence-electron chi connectivity index (χ4n) is 9.80. The van der Waals surface area contributed by atoms with E-state index in [0.717, 1.165) is 12.8 Å². The number of rotatable bonds is 9. The van der Waals surface area contributed by atoms with Crippen LogP contribution in [0.5, 0.6) is 0 Å². The minimum atomic E-state index is -0.476. The van der Waals surface area contributed by atoms with E-state index in [1.165, 1.54) is 77.9 Å². The lowest BCUT2D eigenvalue weighted by molar-refractivity contribution is 0.416. The van der Waals surface area contributed by atoms with E-state index >= 15 is 0 Å². The summed E-state index contributed by atoms with van der Waals surface area (Å²) in [7, 11) is 0. The highest BCUT2D eigenvalue weighted by Crippen LogP contribution is 2.63. The summed E-state index contributed by atoms with van der Waals surface area (Å²) in [5.41, 5.74) is 18.3. The van der Waals surface area contributed by atoms with Crippen molar-refractivity contribution >= 4 is 6.08 Å². The molecule has 2 aliphatic rings. The quantitative estimate of drug-likeness (QED) is 0.140. The first-order chi connectivity index (χ1) is 27.3. The third kappa shape index (κ3) is 5.77. The predicted octanol–water partition coefficient (Wildman–Crippen LogP) is 13.4. The van der Waals surface area contributed by atoms with Crippen molar-refractivity contribution < 1.29 is 0 Å². The van der Waals surface area contributed by atoms with Gasteiger partial charge >= 0.3 is 0 Å². The molecular weight excluding hydrogens is 661 g/mol. The maximum absolute atomic E-state index is 2.55. The topological polar surface area (TPSA) is 0 Å². The van der Waals surface area contributed by atoms with Crippen molar-refractivity contribution in [3.05, 3.63) is 268 Å². The molecule has 0 saturated carbocycles. The molecule has 2 aliphatic carbocycles. The van der Waals surface area contributed by atoms with Crippen molar-refractivity contribution in [3.8, 4) is 22.3 Å². The molecule has 0 N–H and O–H groups in total. The smallest absolute Gasteiger partial charge is 0.0415 e. The maximum Gasteiger partial charge on any atom is 0.0415 e. The predicted molar refractivity (Wildman–Crippen MR) is 230 cm³/mol. The van der Waals surface area contributed by atoms with Crippen molar-refractivity contribution in [2.45, 2.75) is 30.1 Å². The molecule has 0 saturated heterocycles. The molecule has 0 fully saturated rings. The zero-order chi connectivity index (χ0) is 36.6. The second-order valence-corrected chi connectivity index (χ2v) is 15.2. The van der Waals surface area contributed by atoms with E-state index in [0.29, 0.717) is 0 Å². The summed E-state index contributed by atoms with van der Waals surface area (Å²) in [6.07, 6.45) is 6.73. The molecule has 0 aromatic heterocycles. The summed E-state index contributed by atoms with van der Waals surface area (Å²) < 4.78 is 0. The van der Waals surface area contributed by atoms with Crippen LogP contribution in [0.1, 0.15) is 67.5 Å². The minimum absolute atomic E-state index is 0.0368. The first kappa shape index (κ1) is 33.1. The molecule has 0 amide bonds. The van der Waals surface area contributed by atoms with Crippen LogP contribution in [-0.2, 0) is 18.3 Å². The van der Waals surface area contributed by atoms with Crippen LogP contribution in [0.25, 0.3) is 28.3 Å². The van der Waals surface area contributed by atoms with Gasteiger partial charge in [-0.05, 0) is 90.7 Å². The van der Waals surface area contributed by atoms with Crippen molar-refractivity contribution in [1.29, 1.82) is 0 Å². The fraction of sp³-hybridized carbons (Fsp3) is 0.0909. The Morgan fingerprint density at radius 2 is 0.836 bits per heavy atom. The average molecular weight is 703 g/mol. The van der Waals surface area contributed by atoms with Gasteiger partial charge in [0, 0.05) is 17.3 Å². The number of hydrogen-bond acceptors (Lipinski definition) is 0. The summed E-state index contributed by atoms with van der Waals surface area (Å²) >= 11 is 0. The van der Waals surface area contributed by atoms with E-state index in [2.05, 4.69) is 218 Å². The zero-order valence-corrected chi connectivity index (χ0v) is 30.9. The van der Waals surface area contributed by atoms with Crippen LogP contribution in [0.3, 0.4) is 0 Å². The van der Waals surface area contributed by atoms with Gasteiger partial charge in [-0.3, -0.25) is 0 Å². The third-order valence-electron chi connectivity index (χ3n) is 12.1. The molecule has 0 bridgehead atoms. The zero-order valence-electron chi connectivity index (χ0n) is 30.9. The molecule has 55 heavy (non-hydrogen) atoms. The van der Waals surface area contributed by atoms with E-state index < -0.39 is 5.41 Å². The van der Waals surface area contributed by atoms with Gasteiger partial charge in [-0.15, -0.1) is 0 Å². The average Bonchev–Trinajstić information content (AvgIpc) is 3.83. The summed E-state index contributed by atoms with van der Waals surface area (Å²) in [6, 6.07) is 77.1. The second-order valence-electron chi connectivity index (χ2n) is 15.2. The largest absolute Gasteiger partial charge is 0.0751 e. The fourth-order valence-corrected chi connectivity index (χ4v) is 9.80. The number of allylic oxidation sites excluding steroid dienone is 1. The van der Waals surface area contributed by atoms with Crippen LogP contribution < -0.4 is 0 Å². The monoisotopic (exact) mass is 702 g/mol. The number of hydrogen-bond donors (Lipinski definition) is 0. The molecule has 8 aromatic rings. The van der Waals surface area contributed by atoms with E-state index in [-0.39, 0.29) is 11.8 Å². The van der Waals surface area contributed by atoms with Crippen LogP contribution >= 0.6 is 0 Å². The summed E-state index contributed by atoms with van der Waals surface area (Å²) in [5, 5.41) is 0. The summed E-state index contributed by atoms with van der Waals surface area (Å²) in [4.78, 5) is 0. The van der Waals surface area contributed by atoms with Gasteiger partial charge in [-0.25, -0.2) is 0 Å². The van der Waals surface area contributed by atoms with Gasteiger partial charge in [0.05, 0.1) is 0 Å². The molecule has 262 valence electrons. The lowest BCUT2D eigenvalue weighted by Crippen LogP contribution is -2.40. The van der Waals surface area contributed by atoms with Crippen molar-refractivity contribution in [1.82, 2.24) is 0 Å². The standard InChI is InChI=1S/C55H42/c1-6-17-39(18-7-1)35-41-29-31-48-49-32-30-42(36-40-19-8-2-9-20-40)38-52(49)54(51(48)37-41)55(44-23-12-4-13-24-44,45-25-14-5-15-26-45)53-34-33-47-46(27-16-28-50(47)53)43-21-10-3-11-22-43/h1-34,37-38,53-54H,35-36H2. The minimum Gasteiger partial charge on any atom is -0.0751 e. The van der Waals surface area contributed by atoms with E-state index in [1.54, 1.807) is 0 Å². The van der Waals surface area contributed by atoms with Crippen LogP contribution in [0.2, 0.25) is 0 Å². The van der Waals surface area contributed by atoms with Crippen molar-refractivity contribution in [3.63, 3.8) is 0 Å². The molecule has 0 radical (unpaired) electrons. The Bertz CT molecular complexity index is 2490. The molecule has 0 heterocycles. The van der Waals surface area contributed by atoms with Crippen LogP contribution in [0.4, 0.5) is 0 Å². The first-order valence-electron chi connectivity index (χ1n) is 19.6. The van der Waals surface area contributed by atoms with E-state index in [4.69, 9.17) is 0 Å². The van der Waals surface area contributed by atoms with Gasteiger partial charge in [0.15, 0.2) is 0 Å². The Morgan fingerprint density at radius 1 is 0.364 bits per heavy atom. The SMILES string of the molecule is C1=CC(C(c2ccccc2)(c2ccccc2)C2c3cc(Cc4ccccc4)ccc3-c3ccc(Cc4ccccc4)cc32)c2cccc(-c3ccccc3)c21.